The Kier molecular flexibility index (Phi) is 3.50. The van der Waals surface area contributed by atoms with Gasteiger partial charge in [0, 0.05) is 31.4 Å². The Labute approximate surface area is 105 Å². The van der Waals surface area contributed by atoms with E-state index < -0.39 is 11.9 Å². The highest BCUT2D eigenvalue weighted by Gasteiger charge is 2.29. The third kappa shape index (κ3) is 2.80. The Morgan fingerprint density at radius 3 is 2.61 bits per heavy atom. The summed E-state index contributed by atoms with van der Waals surface area (Å²) in [5.41, 5.74) is 0.998. The van der Waals surface area contributed by atoms with Crippen molar-refractivity contribution in [2.24, 2.45) is 5.92 Å². The van der Waals surface area contributed by atoms with Gasteiger partial charge < -0.3 is 19.9 Å². The van der Waals surface area contributed by atoms with E-state index in [1.165, 1.54) is 0 Å². The molecule has 5 nitrogen and oxygen atoms in total. The number of nitrogens with zero attached hydrogens (tertiary/aromatic N) is 1. The van der Waals surface area contributed by atoms with Gasteiger partial charge in [0.1, 0.15) is 5.75 Å². The molecule has 0 saturated carbocycles. The number of carbonyl (C=O) groups is 2. The van der Waals surface area contributed by atoms with Crippen LogP contribution < -0.4 is 5.11 Å². The molecule has 0 bridgehead atoms. The van der Waals surface area contributed by atoms with Crippen molar-refractivity contribution >= 4 is 11.9 Å². The van der Waals surface area contributed by atoms with E-state index in [0.717, 1.165) is 5.56 Å². The van der Waals surface area contributed by atoms with E-state index in [-0.39, 0.29) is 24.6 Å². The van der Waals surface area contributed by atoms with Crippen LogP contribution in [0.3, 0.4) is 0 Å². The van der Waals surface area contributed by atoms with E-state index in [2.05, 4.69) is 0 Å². The van der Waals surface area contributed by atoms with Crippen LogP contribution in [0.25, 0.3) is 0 Å². The van der Waals surface area contributed by atoms with E-state index in [9.17, 15) is 14.7 Å². The first-order chi connectivity index (χ1) is 8.56. The average molecular weight is 248 g/mol. The molecule has 1 N–H and O–H groups in total. The molecule has 1 saturated heterocycles. The minimum absolute atomic E-state index is 0.0396. The van der Waals surface area contributed by atoms with Gasteiger partial charge in [-0.2, -0.15) is 0 Å². The van der Waals surface area contributed by atoms with E-state index in [4.69, 9.17) is 5.11 Å². The standard InChI is InChI=1S/C13H15NO4/c15-11-3-1-9(2-4-11)5-6-14-8-10(13(17)18)7-12(14)16/h1-4,10,15H,5-8H2,(H,17,18)/p-1/t10-/m0/s1. The summed E-state index contributed by atoms with van der Waals surface area (Å²) in [5, 5.41) is 19.8. The van der Waals surface area contributed by atoms with Crippen molar-refractivity contribution in [3.8, 4) is 5.75 Å². The van der Waals surface area contributed by atoms with Gasteiger partial charge in [0.15, 0.2) is 0 Å². The highest BCUT2D eigenvalue weighted by Crippen LogP contribution is 2.18. The molecule has 18 heavy (non-hydrogen) atoms. The number of amides is 1. The molecule has 0 aromatic heterocycles. The molecule has 5 heteroatoms. The van der Waals surface area contributed by atoms with Crippen LogP contribution >= 0.6 is 0 Å². The van der Waals surface area contributed by atoms with Crippen molar-refractivity contribution in [2.45, 2.75) is 12.8 Å². The number of aliphatic carboxylic acids is 1. The quantitative estimate of drug-likeness (QED) is 0.781. The number of phenolic OH excluding ortho intramolecular Hbond substituents is 1. The van der Waals surface area contributed by atoms with Crippen LogP contribution in [0.1, 0.15) is 12.0 Å². The first kappa shape index (κ1) is 12.4. The second-order valence-corrected chi connectivity index (χ2v) is 4.48. The number of benzene rings is 1. The number of phenols is 1. The number of carboxylic acids is 1. The van der Waals surface area contributed by atoms with Crippen LogP contribution in [0.2, 0.25) is 0 Å². The summed E-state index contributed by atoms with van der Waals surface area (Å²) >= 11 is 0. The molecule has 0 aliphatic carbocycles. The van der Waals surface area contributed by atoms with Crippen molar-refractivity contribution < 1.29 is 19.8 Å². The van der Waals surface area contributed by atoms with Crippen molar-refractivity contribution in [3.63, 3.8) is 0 Å². The van der Waals surface area contributed by atoms with Gasteiger partial charge in [-0.3, -0.25) is 4.79 Å². The Balaban J connectivity index is 1.89. The molecule has 1 aliphatic rings. The van der Waals surface area contributed by atoms with Crippen LogP contribution in [0.4, 0.5) is 0 Å². The van der Waals surface area contributed by atoms with Crippen LogP contribution in [0, 0.1) is 5.92 Å². The Hall–Kier alpha value is -2.04. The molecule has 1 heterocycles. The third-order valence-electron chi connectivity index (χ3n) is 3.15. The predicted molar refractivity (Wildman–Crippen MR) is 61.5 cm³/mol. The first-order valence-electron chi connectivity index (χ1n) is 5.83. The fourth-order valence-corrected chi connectivity index (χ4v) is 2.07. The topological polar surface area (TPSA) is 80.7 Å². The maximum atomic E-state index is 11.6. The second kappa shape index (κ2) is 5.08. The Morgan fingerprint density at radius 2 is 2.06 bits per heavy atom. The number of carboxylic acid groups (broad SMARTS) is 1. The molecule has 0 unspecified atom stereocenters. The Morgan fingerprint density at radius 1 is 1.39 bits per heavy atom. The number of hydrogen-bond acceptors (Lipinski definition) is 4. The summed E-state index contributed by atoms with van der Waals surface area (Å²) in [4.78, 5) is 23.8. The fraction of sp³-hybridized carbons (Fsp3) is 0.385. The third-order valence-corrected chi connectivity index (χ3v) is 3.15. The fourth-order valence-electron chi connectivity index (χ4n) is 2.07. The lowest BCUT2D eigenvalue weighted by atomic mass is 10.1. The highest BCUT2D eigenvalue weighted by molar-refractivity contribution is 5.85. The number of hydrogen-bond donors (Lipinski definition) is 1. The molecular weight excluding hydrogens is 234 g/mol. The zero-order valence-electron chi connectivity index (χ0n) is 9.83. The van der Waals surface area contributed by atoms with Gasteiger partial charge >= 0.3 is 0 Å². The van der Waals surface area contributed by atoms with E-state index >= 15 is 0 Å². The van der Waals surface area contributed by atoms with Crippen LogP contribution in [0.15, 0.2) is 24.3 Å². The molecule has 0 spiro atoms. The minimum Gasteiger partial charge on any atom is -0.550 e. The lowest BCUT2D eigenvalue weighted by molar-refractivity contribution is -0.311. The van der Waals surface area contributed by atoms with E-state index in [1.807, 2.05) is 0 Å². The summed E-state index contributed by atoms with van der Waals surface area (Å²) in [6.45, 7) is 0.729. The van der Waals surface area contributed by atoms with Gasteiger partial charge in [-0.15, -0.1) is 0 Å². The van der Waals surface area contributed by atoms with Crippen molar-refractivity contribution in [1.29, 1.82) is 0 Å². The molecular formula is C13H14NO4-. The number of rotatable bonds is 4. The molecule has 96 valence electrons. The highest BCUT2D eigenvalue weighted by atomic mass is 16.4. The van der Waals surface area contributed by atoms with Gasteiger partial charge in [-0.05, 0) is 24.1 Å². The van der Waals surface area contributed by atoms with Gasteiger partial charge in [0.25, 0.3) is 0 Å². The molecule has 1 amide bonds. The van der Waals surface area contributed by atoms with Crippen LogP contribution in [-0.4, -0.2) is 35.0 Å². The van der Waals surface area contributed by atoms with E-state index in [0.29, 0.717) is 13.0 Å². The minimum atomic E-state index is -1.16. The number of likely N-dealkylation sites (tertiary alicyclic amines) is 1. The van der Waals surface area contributed by atoms with Crippen molar-refractivity contribution in [3.05, 3.63) is 29.8 Å². The Bertz CT molecular complexity index is 455. The summed E-state index contributed by atoms with van der Waals surface area (Å²) < 4.78 is 0. The summed E-state index contributed by atoms with van der Waals surface area (Å²) in [6, 6.07) is 6.74. The van der Waals surface area contributed by atoms with Crippen molar-refractivity contribution in [1.82, 2.24) is 4.90 Å². The first-order valence-corrected chi connectivity index (χ1v) is 5.83. The molecule has 1 fully saturated rings. The van der Waals surface area contributed by atoms with Crippen molar-refractivity contribution in [2.75, 3.05) is 13.1 Å². The molecule has 1 aromatic rings. The average Bonchev–Trinajstić information content (AvgIpc) is 2.70. The normalized spacial score (nSPS) is 19.2. The van der Waals surface area contributed by atoms with Crippen LogP contribution in [-0.2, 0) is 16.0 Å². The summed E-state index contributed by atoms with van der Waals surface area (Å²) in [6.07, 6.45) is 0.684. The SMILES string of the molecule is O=C([O-])[C@H]1CC(=O)N(CCc2ccc(O)cc2)C1. The van der Waals surface area contributed by atoms with Gasteiger partial charge in [-0.1, -0.05) is 12.1 Å². The number of aromatic hydroxyl groups is 1. The summed E-state index contributed by atoms with van der Waals surface area (Å²) in [7, 11) is 0. The molecule has 1 aliphatic heterocycles. The molecule has 1 atom stereocenters. The van der Waals surface area contributed by atoms with Gasteiger partial charge in [-0.25, -0.2) is 0 Å². The van der Waals surface area contributed by atoms with Gasteiger partial charge in [0.05, 0.1) is 0 Å². The largest absolute Gasteiger partial charge is 0.550 e. The molecule has 2 rings (SSSR count). The molecule has 1 aromatic carbocycles. The second-order valence-electron chi connectivity index (χ2n) is 4.48. The zero-order chi connectivity index (χ0) is 13.1. The molecule has 0 radical (unpaired) electrons. The lowest BCUT2D eigenvalue weighted by Gasteiger charge is -2.16. The van der Waals surface area contributed by atoms with E-state index in [1.54, 1.807) is 29.2 Å². The zero-order valence-corrected chi connectivity index (χ0v) is 9.83. The lowest BCUT2D eigenvalue weighted by Crippen LogP contribution is -2.34. The predicted octanol–water partition coefficient (Wildman–Crippen LogP) is -0.467. The maximum Gasteiger partial charge on any atom is 0.223 e. The summed E-state index contributed by atoms with van der Waals surface area (Å²) in [5.74, 6) is -1.77. The van der Waals surface area contributed by atoms with Gasteiger partial charge in [0.2, 0.25) is 5.91 Å². The number of carbonyl (C=O) groups excluding carboxylic acids is 2. The maximum absolute atomic E-state index is 11.6. The monoisotopic (exact) mass is 248 g/mol. The van der Waals surface area contributed by atoms with Crippen LogP contribution in [0.5, 0.6) is 5.75 Å². The smallest absolute Gasteiger partial charge is 0.223 e.